The van der Waals surface area contributed by atoms with Crippen LogP contribution in [0.15, 0.2) is 17.5 Å². The summed E-state index contributed by atoms with van der Waals surface area (Å²) >= 11 is 1.49. The molecular formula is C18H26N2O4S2. The van der Waals surface area contributed by atoms with Gasteiger partial charge in [0, 0.05) is 25.2 Å². The summed E-state index contributed by atoms with van der Waals surface area (Å²) in [6, 6.07) is 4.00. The molecule has 1 aromatic heterocycles. The Morgan fingerprint density at radius 2 is 1.77 bits per heavy atom. The lowest BCUT2D eigenvalue weighted by Crippen LogP contribution is -2.49. The highest BCUT2D eigenvalue weighted by Crippen LogP contribution is 2.39. The molecule has 0 aliphatic carbocycles. The number of piperidine rings is 2. The zero-order valence-electron chi connectivity index (χ0n) is 15.0. The fraction of sp³-hybridized carbons (Fsp3) is 0.722. The van der Waals surface area contributed by atoms with Gasteiger partial charge in [-0.25, -0.2) is 8.42 Å². The number of ether oxygens (including phenoxy) is 1. The van der Waals surface area contributed by atoms with Crippen LogP contribution in [0.3, 0.4) is 0 Å². The van der Waals surface area contributed by atoms with Crippen LogP contribution in [0, 0.1) is 0 Å². The van der Waals surface area contributed by atoms with Crippen molar-refractivity contribution in [2.45, 2.75) is 62.8 Å². The second-order valence-electron chi connectivity index (χ2n) is 7.68. The molecule has 4 heterocycles. The van der Waals surface area contributed by atoms with Crippen molar-refractivity contribution in [3.05, 3.63) is 22.4 Å². The molecule has 1 amide bonds. The third-order valence-corrected chi connectivity index (χ3v) is 8.07. The zero-order valence-corrected chi connectivity index (χ0v) is 16.7. The number of thiophene rings is 1. The summed E-state index contributed by atoms with van der Waals surface area (Å²) in [4.78, 5) is 15.1. The quantitative estimate of drug-likeness (QED) is 0.781. The standard InChI is InChI=1S/C18H26N2O4S2/c1-26(22,23)20-13-4-5-14(20)12-16(11-13)24-15-6-8-19(9-7-15)18(21)17-3-2-10-25-17/h2-3,10,13-16H,4-9,11-12H2,1H3/t13-,14+,16?. The largest absolute Gasteiger partial charge is 0.375 e. The van der Waals surface area contributed by atoms with E-state index in [4.69, 9.17) is 4.74 Å². The number of fused-ring (bicyclic) bond motifs is 2. The topological polar surface area (TPSA) is 66.9 Å². The molecule has 26 heavy (non-hydrogen) atoms. The molecule has 4 rings (SSSR count). The smallest absolute Gasteiger partial charge is 0.263 e. The Balaban J connectivity index is 1.29. The summed E-state index contributed by atoms with van der Waals surface area (Å²) in [6.45, 7) is 1.47. The van der Waals surface area contributed by atoms with E-state index in [1.807, 2.05) is 22.4 Å². The van der Waals surface area contributed by atoms with Crippen molar-refractivity contribution in [3.63, 3.8) is 0 Å². The van der Waals surface area contributed by atoms with Gasteiger partial charge in [-0.05, 0) is 50.0 Å². The maximum absolute atomic E-state index is 12.4. The molecule has 0 radical (unpaired) electrons. The average Bonchev–Trinajstić information content (AvgIpc) is 3.22. The lowest BCUT2D eigenvalue weighted by atomic mass is 10.0. The molecule has 1 aromatic rings. The minimum absolute atomic E-state index is 0.106. The van der Waals surface area contributed by atoms with Gasteiger partial charge < -0.3 is 9.64 Å². The fourth-order valence-electron chi connectivity index (χ4n) is 4.76. The van der Waals surface area contributed by atoms with Crippen molar-refractivity contribution in [2.24, 2.45) is 0 Å². The highest BCUT2D eigenvalue weighted by Gasteiger charge is 2.46. The van der Waals surface area contributed by atoms with E-state index in [0.29, 0.717) is 0 Å². The molecule has 144 valence electrons. The van der Waals surface area contributed by atoms with Crippen molar-refractivity contribution in [3.8, 4) is 0 Å². The molecule has 0 saturated carbocycles. The summed E-state index contributed by atoms with van der Waals surface area (Å²) in [5.74, 6) is 0.123. The number of hydrogen-bond donors (Lipinski definition) is 0. The predicted molar refractivity (Wildman–Crippen MR) is 101 cm³/mol. The van der Waals surface area contributed by atoms with Crippen LogP contribution < -0.4 is 0 Å². The number of carbonyl (C=O) groups is 1. The summed E-state index contributed by atoms with van der Waals surface area (Å²) in [6.07, 6.45) is 6.87. The van der Waals surface area contributed by atoms with Gasteiger partial charge in [0.05, 0.1) is 23.3 Å². The van der Waals surface area contributed by atoms with Crippen LogP contribution in [0.25, 0.3) is 0 Å². The van der Waals surface area contributed by atoms with E-state index in [9.17, 15) is 13.2 Å². The van der Waals surface area contributed by atoms with E-state index in [1.165, 1.54) is 17.6 Å². The normalized spacial score (nSPS) is 30.7. The van der Waals surface area contributed by atoms with Gasteiger partial charge in [-0.3, -0.25) is 4.79 Å². The van der Waals surface area contributed by atoms with Crippen LogP contribution in [0.1, 0.15) is 48.2 Å². The Morgan fingerprint density at radius 1 is 1.12 bits per heavy atom. The van der Waals surface area contributed by atoms with E-state index in [1.54, 1.807) is 4.31 Å². The predicted octanol–water partition coefficient (Wildman–Crippen LogP) is 2.32. The summed E-state index contributed by atoms with van der Waals surface area (Å²) in [7, 11) is -3.12. The van der Waals surface area contributed by atoms with E-state index in [-0.39, 0.29) is 30.2 Å². The van der Waals surface area contributed by atoms with E-state index in [2.05, 4.69) is 0 Å². The molecule has 3 aliphatic rings. The van der Waals surface area contributed by atoms with Gasteiger partial charge in [-0.2, -0.15) is 4.31 Å². The maximum atomic E-state index is 12.4. The van der Waals surface area contributed by atoms with Crippen LogP contribution in [0.2, 0.25) is 0 Å². The second kappa shape index (κ2) is 7.22. The van der Waals surface area contributed by atoms with Gasteiger partial charge in [0.25, 0.3) is 5.91 Å². The van der Waals surface area contributed by atoms with Crippen LogP contribution in [0.4, 0.5) is 0 Å². The van der Waals surface area contributed by atoms with Gasteiger partial charge in [-0.1, -0.05) is 6.07 Å². The van der Waals surface area contributed by atoms with E-state index >= 15 is 0 Å². The minimum atomic E-state index is -3.12. The molecule has 3 aliphatic heterocycles. The Bertz CT molecular complexity index is 727. The Morgan fingerprint density at radius 3 is 2.31 bits per heavy atom. The first-order valence-corrected chi connectivity index (χ1v) is 12.1. The molecule has 6 nitrogen and oxygen atoms in total. The molecule has 2 bridgehead atoms. The number of hydrogen-bond acceptors (Lipinski definition) is 5. The third-order valence-electron chi connectivity index (χ3n) is 5.85. The summed E-state index contributed by atoms with van der Waals surface area (Å²) in [5, 5.41) is 1.93. The SMILES string of the molecule is CS(=O)(=O)N1[C@@H]2CC[C@H]1CC(OC1CCN(C(=O)c3cccs3)CC1)C2. The van der Waals surface area contributed by atoms with Gasteiger partial charge >= 0.3 is 0 Å². The van der Waals surface area contributed by atoms with Gasteiger partial charge in [0.15, 0.2) is 0 Å². The highest BCUT2D eigenvalue weighted by atomic mass is 32.2. The molecular weight excluding hydrogens is 372 g/mol. The summed E-state index contributed by atoms with van der Waals surface area (Å²) < 4.78 is 32.0. The Kier molecular flexibility index (Phi) is 5.11. The fourth-order valence-corrected chi connectivity index (χ4v) is 6.92. The second-order valence-corrected chi connectivity index (χ2v) is 10.5. The van der Waals surface area contributed by atoms with Crippen molar-refractivity contribution in [1.29, 1.82) is 0 Å². The molecule has 1 unspecified atom stereocenters. The molecule has 8 heteroatoms. The lowest BCUT2D eigenvalue weighted by Gasteiger charge is -2.40. The van der Waals surface area contributed by atoms with Crippen LogP contribution in [-0.2, 0) is 14.8 Å². The van der Waals surface area contributed by atoms with Crippen LogP contribution >= 0.6 is 11.3 Å². The van der Waals surface area contributed by atoms with Crippen LogP contribution in [-0.4, -0.2) is 67.2 Å². The first-order valence-electron chi connectivity index (χ1n) is 9.38. The molecule has 0 N–H and O–H groups in total. The monoisotopic (exact) mass is 398 g/mol. The molecule has 0 spiro atoms. The lowest BCUT2D eigenvalue weighted by molar-refractivity contribution is -0.0661. The highest BCUT2D eigenvalue weighted by molar-refractivity contribution is 7.88. The molecule has 3 fully saturated rings. The molecule has 3 saturated heterocycles. The van der Waals surface area contributed by atoms with Gasteiger partial charge in [-0.15, -0.1) is 11.3 Å². The van der Waals surface area contributed by atoms with Gasteiger partial charge in [0.2, 0.25) is 10.0 Å². The zero-order chi connectivity index (χ0) is 18.3. The number of amides is 1. The third kappa shape index (κ3) is 3.69. The van der Waals surface area contributed by atoms with E-state index < -0.39 is 10.0 Å². The van der Waals surface area contributed by atoms with E-state index in [0.717, 1.165) is 56.5 Å². The van der Waals surface area contributed by atoms with Gasteiger partial charge in [0.1, 0.15) is 0 Å². The molecule has 0 aromatic carbocycles. The number of likely N-dealkylation sites (tertiary alicyclic amines) is 1. The first-order chi connectivity index (χ1) is 12.4. The Labute approximate surface area is 159 Å². The number of sulfonamides is 1. The van der Waals surface area contributed by atoms with Crippen molar-refractivity contribution in [2.75, 3.05) is 19.3 Å². The van der Waals surface area contributed by atoms with Crippen molar-refractivity contribution >= 4 is 27.3 Å². The number of carbonyl (C=O) groups excluding carboxylic acids is 1. The minimum Gasteiger partial charge on any atom is -0.375 e. The first kappa shape index (κ1) is 18.4. The summed E-state index contributed by atoms with van der Waals surface area (Å²) in [5.41, 5.74) is 0. The van der Waals surface area contributed by atoms with Crippen molar-refractivity contribution in [1.82, 2.24) is 9.21 Å². The maximum Gasteiger partial charge on any atom is 0.263 e. The Hall–Kier alpha value is -0.960. The molecule has 3 atom stereocenters. The average molecular weight is 399 g/mol. The number of nitrogens with zero attached hydrogens (tertiary/aromatic N) is 2. The van der Waals surface area contributed by atoms with Crippen molar-refractivity contribution < 1.29 is 17.9 Å². The number of rotatable bonds is 4. The van der Waals surface area contributed by atoms with Crippen LogP contribution in [0.5, 0.6) is 0 Å².